The molecule has 0 heterocycles. The van der Waals surface area contributed by atoms with Crippen molar-refractivity contribution in [2.24, 2.45) is 5.41 Å². The number of rotatable bonds is 0. The quantitative estimate of drug-likeness (QED) is 0.320. The van der Waals surface area contributed by atoms with Crippen LogP contribution in [0.2, 0.25) is 19.6 Å². The average molecular weight is 201 g/mol. The topological polar surface area (TPSA) is 0 Å². The summed E-state index contributed by atoms with van der Waals surface area (Å²) in [6.45, 7) is 11.1. The van der Waals surface area contributed by atoms with Gasteiger partial charge in [-0.3, -0.25) is 0 Å². The highest BCUT2D eigenvalue weighted by molar-refractivity contribution is 6.84. The van der Waals surface area contributed by atoms with Crippen molar-refractivity contribution in [2.45, 2.75) is 44.8 Å². The molecule has 0 aliphatic heterocycles. The van der Waals surface area contributed by atoms with Crippen LogP contribution in [0.4, 0.5) is 0 Å². The SMILES string of the molecule is CC1(C)CC1(Cl)C#C[Si](C)(C)C. The Morgan fingerprint density at radius 1 is 1.25 bits per heavy atom. The first-order valence-electron chi connectivity index (χ1n) is 4.40. The Balaban J connectivity index is 2.70. The fourth-order valence-electron chi connectivity index (χ4n) is 1.06. The molecule has 12 heavy (non-hydrogen) atoms. The molecule has 1 unspecified atom stereocenters. The molecule has 0 spiro atoms. The van der Waals surface area contributed by atoms with Gasteiger partial charge < -0.3 is 0 Å². The van der Waals surface area contributed by atoms with Crippen molar-refractivity contribution in [3.05, 3.63) is 0 Å². The van der Waals surface area contributed by atoms with Crippen molar-refractivity contribution in [2.75, 3.05) is 0 Å². The van der Waals surface area contributed by atoms with Gasteiger partial charge in [0.1, 0.15) is 12.9 Å². The lowest BCUT2D eigenvalue weighted by Gasteiger charge is -2.07. The van der Waals surface area contributed by atoms with E-state index >= 15 is 0 Å². The zero-order chi connectivity index (χ0) is 9.62. The van der Waals surface area contributed by atoms with E-state index in [4.69, 9.17) is 11.6 Å². The molecule has 0 aromatic carbocycles. The van der Waals surface area contributed by atoms with E-state index in [1.165, 1.54) is 0 Å². The van der Waals surface area contributed by atoms with E-state index < -0.39 is 8.07 Å². The zero-order valence-corrected chi connectivity index (χ0v) is 10.3. The Labute approximate surface area is 81.7 Å². The standard InChI is InChI=1S/C10H17ClSi/c1-9(2)8-10(9,11)6-7-12(3,4)5/h8H2,1-5H3. The average Bonchev–Trinajstić information content (AvgIpc) is 2.28. The molecule has 0 radical (unpaired) electrons. The van der Waals surface area contributed by atoms with Gasteiger partial charge in [-0.2, -0.15) is 0 Å². The van der Waals surface area contributed by atoms with Gasteiger partial charge in [0.05, 0.1) is 0 Å². The molecule has 0 N–H and O–H groups in total. The van der Waals surface area contributed by atoms with Crippen LogP contribution < -0.4 is 0 Å². The van der Waals surface area contributed by atoms with Crippen LogP contribution in [-0.2, 0) is 0 Å². The molecular weight excluding hydrogens is 184 g/mol. The molecule has 1 atom stereocenters. The molecule has 0 amide bonds. The predicted molar refractivity (Wildman–Crippen MR) is 58.1 cm³/mol. The fourth-order valence-corrected chi connectivity index (χ4v) is 2.11. The van der Waals surface area contributed by atoms with Crippen LogP contribution in [-0.4, -0.2) is 12.9 Å². The molecular formula is C10H17ClSi. The Hall–Kier alpha value is 0.0669. The van der Waals surface area contributed by atoms with E-state index in [0.717, 1.165) is 6.42 Å². The molecule has 0 nitrogen and oxygen atoms in total. The second-order valence-electron chi connectivity index (χ2n) is 5.36. The van der Waals surface area contributed by atoms with Crippen LogP contribution in [0.3, 0.4) is 0 Å². The zero-order valence-electron chi connectivity index (χ0n) is 8.59. The molecule has 1 saturated carbocycles. The van der Waals surface area contributed by atoms with Gasteiger partial charge in [0.2, 0.25) is 0 Å². The van der Waals surface area contributed by atoms with Gasteiger partial charge in [0, 0.05) is 0 Å². The maximum Gasteiger partial charge on any atom is 0.129 e. The largest absolute Gasteiger partial charge is 0.130 e. The maximum atomic E-state index is 6.29. The summed E-state index contributed by atoms with van der Waals surface area (Å²) < 4.78 is 0. The molecule has 68 valence electrons. The molecule has 0 saturated heterocycles. The lowest BCUT2D eigenvalue weighted by molar-refractivity contribution is 0.629. The van der Waals surface area contributed by atoms with Crippen molar-refractivity contribution in [1.29, 1.82) is 0 Å². The minimum atomic E-state index is -1.24. The number of hydrogen-bond acceptors (Lipinski definition) is 0. The van der Waals surface area contributed by atoms with Gasteiger partial charge in [-0.25, -0.2) is 0 Å². The Kier molecular flexibility index (Phi) is 2.14. The first-order valence-corrected chi connectivity index (χ1v) is 8.27. The van der Waals surface area contributed by atoms with Crippen molar-refractivity contribution in [3.63, 3.8) is 0 Å². The van der Waals surface area contributed by atoms with Crippen molar-refractivity contribution < 1.29 is 0 Å². The molecule has 0 aromatic heterocycles. The van der Waals surface area contributed by atoms with Crippen LogP contribution in [0.5, 0.6) is 0 Å². The third kappa shape index (κ3) is 2.06. The van der Waals surface area contributed by atoms with Gasteiger partial charge in [0.25, 0.3) is 0 Å². The Bertz CT molecular complexity index is 251. The highest BCUT2D eigenvalue weighted by Crippen LogP contribution is 2.60. The van der Waals surface area contributed by atoms with Crippen LogP contribution in [0.15, 0.2) is 0 Å². The van der Waals surface area contributed by atoms with E-state index in [-0.39, 0.29) is 10.3 Å². The molecule has 0 aromatic rings. The highest BCUT2D eigenvalue weighted by atomic mass is 35.5. The van der Waals surface area contributed by atoms with Crippen molar-refractivity contribution >= 4 is 19.7 Å². The lowest BCUT2D eigenvalue weighted by Crippen LogP contribution is -2.18. The van der Waals surface area contributed by atoms with Gasteiger partial charge in [-0.1, -0.05) is 39.4 Å². The van der Waals surface area contributed by atoms with E-state index in [0.29, 0.717) is 0 Å². The summed E-state index contributed by atoms with van der Waals surface area (Å²) >= 11 is 6.29. The molecule has 1 aliphatic rings. The third-order valence-corrected chi connectivity index (χ3v) is 3.88. The van der Waals surface area contributed by atoms with Crippen LogP contribution in [0, 0.1) is 16.9 Å². The fraction of sp³-hybridized carbons (Fsp3) is 0.800. The van der Waals surface area contributed by atoms with Crippen LogP contribution in [0.1, 0.15) is 20.3 Å². The number of alkyl halides is 1. The molecule has 1 rings (SSSR count). The molecule has 2 heteroatoms. The van der Waals surface area contributed by atoms with E-state index in [1.807, 2.05) is 0 Å². The summed E-state index contributed by atoms with van der Waals surface area (Å²) in [5.74, 6) is 3.24. The van der Waals surface area contributed by atoms with Crippen molar-refractivity contribution in [1.82, 2.24) is 0 Å². The minimum absolute atomic E-state index is 0.201. The van der Waals surface area contributed by atoms with E-state index in [2.05, 4.69) is 45.0 Å². The summed E-state index contributed by atoms with van der Waals surface area (Å²) in [5, 5.41) is 0. The second-order valence-corrected chi connectivity index (χ2v) is 10.8. The summed E-state index contributed by atoms with van der Waals surface area (Å²) in [6.07, 6.45) is 1.04. The minimum Gasteiger partial charge on any atom is -0.130 e. The predicted octanol–water partition coefficient (Wildman–Crippen LogP) is 3.27. The molecule has 0 bridgehead atoms. The van der Waals surface area contributed by atoms with E-state index in [1.54, 1.807) is 0 Å². The van der Waals surface area contributed by atoms with Crippen LogP contribution in [0.25, 0.3) is 0 Å². The van der Waals surface area contributed by atoms with Crippen LogP contribution >= 0.6 is 11.6 Å². The maximum absolute atomic E-state index is 6.29. The summed E-state index contributed by atoms with van der Waals surface area (Å²) in [4.78, 5) is -0.201. The number of hydrogen-bond donors (Lipinski definition) is 0. The normalized spacial score (nSPS) is 32.2. The van der Waals surface area contributed by atoms with Gasteiger partial charge in [-0.05, 0) is 11.8 Å². The van der Waals surface area contributed by atoms with Crippen molar-refractivity contribution in [3.8, 4) is 11.5 Å². The van der Waals surface area contributed by atoms with Gasteiger partial charge in [-0.15, -0.1) is 17.1 Å². The molecule has 1 fully saturated rings. The summed E-state index contributed by atoms with van der Waals surface area (Å²) in [7, 11) is -1.24. The first kappa shape index (κ1) is 10.1. The summed E-state index contributed by atoms with van der Waals surface area (Å²) in [6, 6.07) is 0. The number of halogens is 1. The second kappa shape index (κ2) is 2.53. The molecule has 1 aliphatic carbocycles. The Morgan fingerprint density at radius 3 is 1.92 bits per heavy atom. The van der Waals surface area contributed by atoms with Gasteiger partial charge in [0.15, 0.2) is 0 Å². The highest BCUT2D eigenvalue weighted by Gasteiger charge is 2.59. The first-order chi connectivity index (χ1) is 5.16. The lowest BCUT2D eigenvalue weighted by atomic mass is 10.1. The third-order valence-electron chi connectivity index (χ3n) is 2.27. The Morgan fingerprint density at radius 2 is 1.67 bits per heavy atom. The monoisotopic (exact) mass is 200 g/mol. The smallest absolute Gasteiger partial charge is 0.129 e. The summed E-state index contributed by atoms with van der Waals surface area (Å²) in [5.41, 5.74) is 3.57. The van der Waals surface area contributed by atoms with E-state index in [9.17, 15) is 0 Å². The van der Waals surface area contributed by atoms with Gasteiger partial charge >= 0.3 is 0 Å².